The summed E-state index contributed by atoms with van der Waals surface area (Å²) in [4.78, 5) is 19.1. The maximum Gasteiger partial charge on any atom is 0.270 e. The molecule has 1 N–H and O–H groups in total. The van der Waals surface area contributed by atoms with E-state index < -0.39 is 0 Å². The molecule has 142 valence electrons. The fourth-order valence-electron chi connectivity index (χ4n) is 3.80. The van der Waals surface area contributed by atoms with Crippen LogP contribution in [0.3, 0.4) is 0 Å². The van der Waals surface area contributed by atoms with Gasteiger partial charge in [-0.15, -0.1) is 0 Å². The summed E-state index contributed by atoms with van der Waals surface area (Å²) in [5.74, 6) is -0.160. The summed E-state index contributed by atoms with van der Waals surface area (Å²) >= 11 is 0. The minimum Gasteiger partial charge on any atom is -0.372 e. The number of ether oxygens (including phenoxy) is 1. The minimum atomic E-state index is -0.243. The molecule has 1 aliphatic heterocycles. The largest absolute Gasteiger partial charge is 0.372 e. The van der Waals surface area contributed by atoms with E-state index in [0.29, 0.717) is 5.69 Å². The van der Waals surface area contributed by atoms with Gasteiger partial charge in [-0.2, -0.15) is 0 Å². The molecule has 5 nitrogen and oxygen atoms in total. The highest BCUT2D eigenvalue weighted by Crippen LogP contribution is 2.40. The molecule has 1 saturated heterocycles. The maximum absolute atomic E-state index is 13.0. The average Bonchev–Trinajstić information content (AvgIpc) is 3.40. The van der Waals surface area contributed by atoms with E-state index >= 15 is 0 Å². The van der Waals surface area contributed by atoms with Gasteiger partial charge in [0.05, 0.1) is 12.2 Å². The number of carbonyl (C=O) groups excluding carboxylic acids is 1. The highest BCUT2D eigenvalue weighted by molar-refractivity contribution is 5.93. The van der Waals surface area contributed by atoms with E-state index in [4.69, 9.17) is 4.74 Å². The smallest absolute Gasteiger partial charge is 0.270 e. The SMILES string of the molecule is C[C@@H]1CN(c2ccnc(C(=O)N[C@@H]3C[C@H]3c3ccc(F)cc3)c2)C[C@H](C)O1. The van der Waals surface area contributed by atoms with Crippen molar-refractivity contribution in [3.63, 3.8) is 0 Å². The van der Waals surface area contributed by atoms with Crippen molar-refractivity contribution in [2.45, 2.75) is 44.4 Å². The Morgan fingerprint density at radius 2 is 1.89 bits per heavy atom. The summed E-state index contributed by atoms with van der Waals surface area (Å²) in [6.45, 7) is 5.70. The molecule has 0 unspecified atom stereocenters. The van der Waals surface area contributed by atoms with E-state index in [1.807, 2.05) is 12.1 Å². The first-order valence-corrected chi connectivity index (χ1v) is 9.42. The average molecular weight is 369 g/mol. The fraction of sp³-hybridized carbons (Fsp3) is 0.429. The molecule has 1 saturated carbocycles. The van der Waals surface area contributed by atoms with Gasteiger partial charge in [-0.3, -0.25) is 9.78 Å². The van der Waals surface area contributed by atoms with Crippen LogP contribution in [0.15, 0.2) is 42.6 Å². The molecule has 4 atom stereocenters. The van der Waals surface area contributed by atoms with Crippen LogP contribution in [0.25, 0.3) is 0 Å². The van der Waals surface area contributed by atoms with E-state index in [-0.39, 0.29) is 35.9 Å². The Hall–Kier alpha value is -2.47. The molecule has 2 aliphatic rings. The molecule has 1 aliphatic carbocycles. The van der Waals surface area contributed by atoms with Crippen molar-refractivity contribution in [1.82, 2.24) is 10.3 Å². The van der Waals surface area contributed by atoms with Crippen LogP contribution in [-0.4, -0.2) is 42.2 Å². The normalized spacial score (nSPS) is 27.3. The lowest BCUT2D eigenvalue weighted by Crippen LogP contribution is -2.45. The number of rotatable bonds is 4. The van der Waals surface area contributed by atoms with Crippen LogP contribution in [-0.2, 0) is 4.74 Å². The van der Waals surface area contributed by atoms with Crippen molar-refractivity contribution in [3.8, 4) is 0 Å². The van der Waals surface area contributed by atoms with E-state index in [1.165, 1.54) is 12.1 Å². The first kappa shape index (κ1) is 17.9. The summed E-state index contributed by atoms with van der Waals surface area (Å²) in [6, 6.07) is 10.3. The molecule has 2 heterocycles. The van der Waals surface area contributed by atoms with Gasteiger partial charge in [-0.25, -0.2) is 4.39 Å². The van der Waals surface area contributed by atoms with Crippen molar-refractivity contribution in [2.24, 2.45) is 0 Å². The number of pyridine rings is 1. The quantitative estimate of drug-likeness (QED) is 0.900. The Kier molecular flexibility index (Phi) is 4.83. The monoisotopic (exact) mass is 369 g/mol. The van der Waals surface area contributed by atoms with Crippen molar-refractivity contribution in [2.75, 3.05) is 18.0 Å². The lowest BCUT2D eigenvalue weighted by Gasteiger charge is -2.36. The number of aromatic nitrogens is 1. The van der Waals surface area contributed by atoms with Crippen molar-refractivity contribution in [1.29, 1.82) is 0 Å². The number of halogens is 1. The Morgan fingerprint density at radius 1 is 1.19 bits per heavy atom. The number of nitrogens with zero attached hydrogens (tertiary/aromatic N) is 2. The van der Waals surface area contributed by atoms with Crippen molar-refractivity contribution in [3.05, 3.63) is 59.7 Å². The Bertz CT molecular complexity index is 816. The molecule has 1 amide bonds. The van der Waals surface area contributed by atoms with E-state index in [1.54, 1.807) is 18.3 Å². The molecular weight excluding hydrogens is 345 g/mol. The van der Waals surface area contributed by atoms with E-state index in [2.05, 4.69) is 29.0 Å². The molecule has 1 aromatic carbocycles. The predicted molar refractivity (Wildman–Crippen MR) is 101 cm³/mol. The highest BCUT2D eigenvalue weighted by atomic mass is 19.1. The summed E-state index contributed by atoms with van der Waals surface area (Å²) < 4.78 is 18.8. The topological polar surface area (TPSA) is 54.5 Å². The van der Waals surface area contributed by atoms with Gasteiger partial charge in [-0.05, 0) is 50.1 Å². The molecular formula is C21H24FN3O2. The van der Waals surface area contributed by atoms with Crippen LogP contribution < -0.4 is 10.2 Å². The molecule has 0 bridgehead atoms. The number of benzene rings is 1. The lowest BCUT2D eigenvalue weighted by atomic mass is 10.1. The Morgan fingerprint density at radius 3 is 2.59 bits per heavy atom. The maximum atomic E-state index is 13.0. The van der Waals surface area contributed by atoms with E-state index in [0.717, 1.165) is 30.8 Å². The number of anilines is 1. The van der Waals surface area contributed by atoms with Gasteiger partial charge < -0.3 is 15.0 Å². The molecule has 2 fully saturated rings. The predicted octanol–water partition coefficient (Wildman–Crippen LogP) is 3.12. The van der Waals surface area contributed by atoms with Crippen molar-refractivity contribution >= 4 is 11.6 Å². The standard InChI is InChI=1S/C21H24FN3O2/c1-13-11-25(12-14(2)27-13)17-7-8-23-20(9-17)21(26)24-19-10-18(19)15-3-5-16(22)6-4-15/h3-9,13-14,18-19H,10-12H2,1-2H3,(H,24,26)/t13-,14+,18-,19+/m0/s1. The zero-order valence-corrected chi connectivity index (χ0v) is 15.6. The summed E-state index contributed by atoms with van der Waals surface area (Å²) in [5, 5.41) is 3.04. The zero-order chi connectivity index (χ0) is 19.0. The van der Waals surface area contributed by atoms with Gasteiger partial charge in [0.15, 0.2) is 0 Å². The number of carbonyl (C=O) groups is 1. The Balaban J connectivity index is 1.40. The second-order valence-corrected chi connectivity index (χ2v) is 7.54. The molecule has 27 heavy (non-hydrogen) atoms. The first-order chi connectivity index (χ1) is 13.0. The Labute approximate surface area is 158 Å². The second-order valence-electron chi connectivity index (χ2n) is 7.54. The summed E-state index contributed by atoms with van der Waals surface area (Å²) in [5.41, 5.74) is 2.46. The number of nitrogens with one attached hydrogen (secondary N) is 1. The number of morpholine rings is 1. The third-order valence-electron chi connectivity index (χ3n) is 5.17. The lowest BCUT2D eigenvalue weighted by molar-refractivity contribution is -0.00522. The zero-order valence-electron chi connectivity index (χ0n) is 15.6. The van der Waals surface area contributed by atoms with Gasteiger partial charge in [0.1, 0.15) is 11.5 Å². The number of hydrogen-bond donors (Lipinski definition) is 1. The van der Waals surface area contributed by atoms with Gasteiger partial charge in [0, 0.05) is 36.9 Å². The van der Waals surface area contributed by atoms with Gasteiger partial charge in [0.25, 0.3) is 5.91 Å². The van der Waals surface area contributed by atoms with Crippen LogP contribution in [0.4, 0.5) is 10.1 Å². The van der Waals surface area contributed by atoms with Gasteiger partial charge in [0.2, 0.25) is 0 Å². The third kappa shape index (κ3) is 4.11. The van der Waals surface area contributed by atoms with Crippen LogP contribution in [0.5, 0.6) is 0 Å². The number of hydrogen-bond acceptors (Lipinski definition) is 4. The first-order valence-electron chi connectivity index (χ1n) is 9.42. The number of amides is 1. The van der Waals surface area contributed by atoms with Crippen molar-refractivity contribution < 1.29 is 13.9 Å². The third-order valence-corrected chi connectivity index (χ3v) is 5.17. The van der Waals surface area contributed by atoms with Gasteiger partial charge >= 0.3 is 0 Å². The van der Waals surface area contributed by atoms with Crippen LogP contribution in [0, 0.1) is 5.82 Å². The second kappa shape index (κ2) is 7.27. The molecule has 1 aromatic heterocycles. The molecule has 6 heteroatoms. The fourth-order valence-corrected chi connectivity index (χ4v) is 3.80. The molecule has 4 rings (SSSR count). The molecule has 2 aromatic rings. The van der Waals surface area contributed by atoms with Crippen LogP contribution >= 0.6 is 0 Å². The minimum absolute atomic E-state index is 0.0804. The van der Waals surface area contributed by atoms with Gasteiger partial charge in [-0.1, -0.05) is 12.1 Å². The van der Waals surface area contributed by atoms with E-state index in [9.17, 15) is 9.18 Å². The van der Waals surface area contributed by atoms with Crippen LogP contribution in [0.1, 0.15) is 42.2 Å². The summed E-state index contributed by atoms with van der Waals surface area (Å²) in [7, 11) is 0. The molecule has 0 spiro atoms. The van der Waals surface area contributed by atoms with Crippen LogP contribution in [0.2, 0.25) is 0 Å². The highest BCUT2D eigenvalue weighted by Gasteiger charge is 2.39. The molecule has 0 radical (unpaired) electrons. The summed E-state index contributed by atoms with van der Waals surface area (Å²) in [6.07, 6.45) is 2.86.